The molecule has 1 atom stereocenters. The number of carbonyl (C=O) groups is 1. The molecule has 2 saturated heterocycles. The number of piperazine rings is 1. The second-order valence-electron chi connectivity index (χ2n) is 7.19. The molecule has 7 heteroatoms. The number of hydrogen-bond donors (Lipinski definition) is 1. The molecule has 6 nitrogen and oxygen atoms in total. The van der Waals surface area contributed by atoms with Gasteiger partial charge in [-0.1, -0.05) is 0 Å². The zero-order valence-corrected chi connectivity index (χ0v) is 15.6. The minimum absolute atomic E-state index is 0.0448. The summed E-state index contributed by atoms with van der Waals surface area (Å²) in [6.07, 6.45) is 1.71. The number of anilines is 2. The molecule has 1 aromatic rings. The monoisotopic (exact) mass is 365 g/mol. The molecule has 0 spiro atoms. The predicted molar refractivity (Wildman–Crippen MR) is 101 cm³/mol. The third-order valence-corrected chi connectivity index (χ3v) is 6.96. The van der Waals surface area contributed by atoms with Gasteiger partial charge in [-0.25, -0.2) is 8.42 Å². The normalized spacial score (nSPS) is 23.6. The lowest BCUT2D eigenvalue weighted by Gasteiger charge is -2.34. The Hall–Kier alpha value is -1.60. The van der Waals surface area contributed by atoms with Crippen LogP contribution in [0.2, 0.25) is 0 Å². The van der Waals surface area contributed by atoms with Gasteiger partial charge in [-0.2, -0.15) is 0 Å². The van der Waals surface area contributed by atoms with Crippen LogP contribution in [0.5, 0.6) is 0 Å². The fraction of sp³-hybridized carbons (Fsp3) is 0.611. The van der Waals surface area contributed by atoms with Crippen LogP contribution in [0.4, 0.5) is 11.4 Å². The van der Waals surface area contributed by atoms with Crippen molar-refractivity contribution in [3.63, 3.8) is 0 Å². The van der Waals surface area contributed by atoms with Gasteiger partial charge in [0.1, 0.15) is 0 Å². The van der Waals surface area contributed by atoms with Gasteiger partial charge in [0.15, 0.2) is 9.84 Å². The molecule has 0 bridgehead atoms. The number of nitrogens with one attached hydrogen (secondary N) is 1. The first-order valence-electron chi connectivity index (χ1n) is 8.95. The van der Waals surface area contributed by atoms with Crippen molar-refractivity contribution in [3.8, 4) is 0 Å². The maximum atomic E-state index is 12.1. The maximum Gasteiger partial charge on any atom is 0.224 e. The molecule has 1 amide bonds. The summed E-state index contributed by atoms with van der Waals surface area (Å²) in [7, 11) is -0.725. The Morgan fingerprint density at radius 3 is 2.44 bits per heavy atom. The summed E-state index contributed by atoms with van der Waals surface area (Å²) in [6.45, 7) is 4.17. The van der Waals surface area contributed by atoms with Crippen LogP contribution in [0.3, 0.4) is 0 Å². The topological polar surface area (TPSA) is 69.7 Å². The van der Waals surface area contributed by atoms with Gasteiger partial charge in [0, 0.05) is 44.0 Å². The number of nitrogens with zero attached hydrogens (tertiary/aromatic N) is 2. The summed E-state index contributed by atoms with van der Waals surface area (Å²) in [5.74, 6) is 0.597. The van der Waals surface area contributed by atoms with E-state index in [1.807, 2.05) is 24.3 Å². The quantitative estimate of drug-likeness (QED) is 0.858. The molecule has 3 rings (SSSR count). The lowest BCUT2D eigenvalue weighted by atomic mass is 10.0. The Kier molecular flexibility index (Phi) is 5.64. The van der Waals surface area contributed by atoms with Crippen molar-refractivity contribution >= 4 is 27.1 Å². The molecule has 2 fully saturated rings. The molecule has 2 aliphatic rings. The van der Waals surface area contributed by atoms with E-state index >= 15 is 0 Å². The second-order valence-corrected chi connectivity index (χ2v) is 9.42. The van der Waals surface area contributed by atoms with Crippen LogP contribution in [0.15, 0.2) is 24.3 Å². The van der Waals surface area contributed by atoms with E-state index in [4.69, 9.17) is 0 Å². The third kappa shape index (κ3) is 5.19. The lowest BCUT2D eigenvalue weighted by molar-refractivity contribution is -0.116. The van der Waals surface area contributed by atoms with Gasteiger partial charge in [-0.3, -0.25) is 4.79 Å². The zero-order chi connectivity index (χ0) is 17.9. The second kappa shape index (κ2) is 7.74. The van der Waals surface area contributed by atoms with Crippen LogP contribution >= 0.6 is 0 Å². The standard InChI is InChI=1S/C18H27N3O3S/c1-20-9-11-21(12-10-20)17-5-3-16(4-6-17)19-18(22)7-2-15-8-13-25(23,24)14-15/h3-6,15H,2,7-14H2,1H3,(H,19,22). The molecular weight excluding hydrogens is 338 g/mol. The largest absolute Gasteiger partial charge is 0.369 e. The highest BCUT2D eigenvalue weighted by atomic mass is 32.2. The Balaban J connectivity index is 1.45. The van der Waals surface area contributed by atoms with Crippen LogP contribution in [-0.2, 0) is 14.6 Å². The predicted octanol–water partition coefficient (Wildman–Crippen LogP) is 1.59. The number of carbonyl (C=O) groups excluding carboxylic acids is 1. The van der Waals surface area contributed by atoms with Crippen LogP contribution in [0.1, 0.15) is 19.3 Å². The van der Waals surface area contributed by atoms with Gasteiger partial charge in [0.25, 0.3) is 0 Å². The van der Waals surface area contributed by atoms with Crippen LogP contribution < -0.4 is 10.2 Å². The molecule has 0 saturated carbocycles. The van der Waals surface area contributed by atoms with E-state index in [0.29, 0.717) is 19.3 Å². The summed E-state index contributed by atoms with van der Waals surface area (Å²) in [4.78, 5) is 16.8. The minimum atomic E-state index is -2.86. The van der Waals surface area contributed by atoms with Gasteiger partial charge in [0.05, 0.1) is 11.5 Å². The summed E-state index contributed by atoms with van der Waals surface area (Å²) in [6, 6.07) is 7.96. The van der Waals surface area contributed by atoms with Gasteiger partial charge in [-0.05, 0) is 50.1 Å². The van der Waals surface area contributed by atoms with E-state index in [1.165, 1.54) is 5.69 Å². The van der Waals surface area contributed by atoms with Gasteiger partial charge in [0.2, 0.25) is 5.91 Å². The molecule has 25 heavy (non-hydrogen) atoms. The number of benzene rings is 1. The Labute approximate surface area is 150 Å². The summed E-state index contributed by atoms with van der Waals surface area (Å²) in [5.41, 5.74) is 1.98. The van der Waals surface area contributed by atoms with Crippen LogP contribution in [-0.4, -0.2) is 64.0 Å². The van der Waals surface area contributed by atoms with Crippen molar-refractivity contribution < 1.29 is 13.2 Å². The van der Waals surface area contributed by atoms with Gasteiger partial charge in [-0.15, -0.1) is 0 Å². The first kappa shape index (κ1) is 18.2. The minimum Gasteiger partial charge on any atom is -0.369 e. The Morgan fingerprint density at radius 1 is 1.16 bits per heavy atom. The van der Waals surface area contributed by atoms with Gasteiger partial charge >= 0.3 is 0 Å². The number of sulfone groups is 1. The van der Waals surface area contributed by atoms with Crippen LogP contribution in [0.25, 0.3) is 0 Å². The van der Waals surface area contributed by atoms with Gasteiger partial charge < -0.3 is 15.1 Å². The van der Waals surface area contributed by atoms with Crippen molar-refractivity contribution in [1.82, 2.24) is 4.90 Å². The van der Waals surface area contributed by atoms with Crippen molar-refractivity contribution in [2.45, 2.75) is 19.3 Å². The smallest absolute Gasteiger partial charge is 0.224 e. The first-order chi connectivity index (χ1) is 11.9. The highest BCUT2D eigenvalue weighted by Crippen LogP contribution is 2.23. The number of rotatable bonds is 5. The van der Waals surface area contributed by atoms with E-state index in [9.17, 15) is 13.2 Å². The molecule has 2 aliphatic heterocycles. The molecule has 2 heterocycles. The first-order valence-corrected chi connectivity index (χ1v) is 10.8. The Morgan fingerprint density at radius 2 is 1.84 bits per heavy atom. The van der Waals surface area contributed by atoms with E-state index in [0.717, 1.165) is 31.9 Å². The number of amides is 1. The van der Waals surface area contributed by atoms with Crippen molar-refractivity contribution in [1.29, 1.82) is 0 Å². The molecule has 1 unspecified atom stereocenters. The molecule has 0 radical (unpaired) electrons. The molecular formula is C18H27N3O3S. The Bertz CT molecular complexity index is 695. The molecule has 0 aromatic heterocycles. The highest BCUT2D eigenvalue weighted by molar-refractivity contribution is 7.91. The summed E-state index contributed by atoms with van der Waals surface area (Å²) >= 11 is 0. The molecule has 138 valence electrons. The SMILES string of the molecule is CN1CCN(c2ccc(NC(=O)CCC3CCS(=O)(=O)C3)cc2)CC1. The fourth-order valence-corrected chi connectivity index (χ4v) is 5.39. The average molecular weight is 365 g/mol. The average Bonchev–Trinajstić information content (AvgIpc) is 2.94. The van der Waals surface area contributed by atoms with E-state index in [-0.39, 0.29) is 23.3 Å². The van der Waals surface area contributed by atoms with E-state index in [1.54, 1.807) is 0 Å². The number of hydrogen-bond acceptors (Lipinski definition) is 5. The van der Waals surface area contributed by atoms with Crippen LogP contribution in [0, 0.1) is 5.92 Å². The van der Waals surface area contributed by atoms with E-state index < -0.39 is 9.84 Å². The number of likely N-dealkylation sites (N-methyl/N-ethyl adjacent to an activating group) is 1. The fourth-order valence-electron chi connectivity index (χ4n) is 3.48. The molecule has 1 aromatic carbocycles. The maximum absolute atomic E-state index is 12.1. The molecule has 0 aliphatic carbocycles. The van der Waals surface area contributed by atoms with Crippen molar-refractivity contribution in [2.24, 2.45) is 5.92 Å². The lowest BCUT2D eigenvalue weighted by Crippen LogP contribution is -2.44. The molecule has 1 N–H and O–H groups in total. The van der Waals surface area contributed by atoms with Crippen molar-refractivity contribution in [3.05, 3.63) is 24.3 Å². The van der Waals surface area contributed by atoms with E-state index in [2.05, 4.69) is 22.2 Å². The summed E-state index contributed by atoms with van der Waals surface area (Å²) < 4.78 is 22.9. The van der Waals surface area contributed by atoms with Crippen molar-refractivity contribution in [2.75, 3.05) is 54.9 Å². The summed E-state index contributed by atoms with van der Waals surface area (Å²) in [5, 5.41) is 2.91. The third-order valence-electron chi connectivity index (χ3n) is 5.13. The zero-order valence-electron chi connectivity index (χ0n) is 14.8. The highest BCUT2D eigenvalue weighted by Gasteiger charge is 2.27.